The molecule has 86 valence electrons. The molecule has 0 radical (unpaired) electrons. The number of hydrogen-bond donors (Lipinski definition) is 0. The van der Waals surface area contributed by atoms with E-state index in [2.05, 4.69) is 50.4 Å². The van der Waals surface area contributed by atoms with E-state index < -0.39 is 0 Å². The summed E-state index contributed by atoms with van der Waals surface area (Å²) in [5, 5.41) is 10.6. The first kappa shape index (κ1) is 13.1. The lowest BCUT2D eigenvalue weighted by atomic mass is 9.98. The highest BCUT2D eigenvalue weighted by molar-refractivity contribution is 8.03. The maximum atomic E-state index is 8.49. The molecule has 0 fully saturated rings. The van der Waals surface area contributed by atoms with Crippen molar-refractivity contribution in [1.82, 2.24) is 0 Å². The fourth-order valence-corrected chi connectivity index (χ4v) is 2.16. The van der Waals surface area contributed by atoms with E-state index in [1.54, 1.807) is 0 Å². The molecule has 0 bridgehead atoms. The smallest absolute Gasteiger partial charge is 0.133 e. The van der Waals surface area contributed by atoms with Gasteiger partial charge < -0.3 is 0 Å². The van der Waals surface area contributed by atoms with Crippen molar-refractivity contribution in [1.29, 1.82) is 5.26 Å². The van der Waals surface area contributed by atoms with E-state index in [0.717, 1.165) is 12.2 Å². The molecule has 0 N–H and O–H groups in total. The molecule has 1 aromatic carbocycles. The Hall–Kier alpha value is -0.940. The Morgan fingerprint density at radius 1 is 1.19 bits per heavy atom. The Morgan fingerprint density at radius 2 is 1.81 bits per heavy atom. The van der Waals surface area contributed by atoms with Crippen molar-refractivity contribution in [3.63, 3.8) is 0 Å². The molecule has 0 amide bonds. The summed E-state index contributed by atoms with van der Waals surface area (Å²) in [6.07, 6.45) is 1.06. The van der Waals surface area contributed by atoms with Crippen molar-refractivity contribution >= 4 is 11.8 Å². The SMILES string of the molecule is CC(CSC#N)Cc1ccc(C(C)C)cc1. The van der Waals surface area contributed by atoms with Crippen LogP contribution in [0.3, 0.4) is 0 Å². The minimum absolute atomic E-state index is 0.564. The number of thiocyanates is 1. The number of nitrogens with zero attached hydrogens (tertiary/aromatic N) is 1. The fourth-order valence-electron chi connectivity index (χ4n) is 1.68. The second-order valence-corrected chi connectivity index (χ2v) is 5.41. The number of benzene rings is 1. The second-order valence-electron chi connectivity index (χ2n) is 4.61. The molecular weight excluding hydrogens is 214 g/mol. The van der Waals surface area contributed by atoms with E-state index in [-0.39, 0.29) is 0 Å². The van der Waals surface area contributed by atoms with Gasteiger partial charge in [-0.15, -0.1) is 0 Å². The van der Waals surface area contributed by atoms with E-state index in [4.69, 9.17) is 5.26 Å². The molecule has 0 saturated carbocycles. The lowest BCUT2D eigenvalue weighted by Crippen LogP contribution is -2.02. The van der Waals surface area contributed by atoms with Gasteiger partial charge in [0.2, 0.25) is 0 Å². The van der Waals surface area contributed by atoms with Crippen molar-refractivity contribution in [3.05, 3.63) is 35.4 Å². The first-order chi connectivity index (χ1) is 7.63. The van der Waals surface area contributed by atoms with E-state index in [9.17, 15) is 0 Å². The molecule has 2 heteroatoms. The van der Waals surface area contributed by atoms with Crippen LogP contribution in [0.5, 0.6) is 0 Å². The molecule has 1 unspecified atom stereocenters. The Labute approximate surface area is 103 Å². The molecule has 16 heavy (non-hydrogen) atoms. The quantitative estimate of drug-likeness (QED) is 0.712. The van der Waals surface area contributed by atoms with Crippen molar-refractivity contribution in [3.8, 4) is 5.40 Å². The lowest BCUT2D eigenvalue weighted by molar-refractivity contribution is 0.659. The van der Waals surface area contributed by atoms with Crippen LogP contribution in [0.25, 0.3) is 0 Å². The van der Waals surface area contributed by atoms with Crippen LogP contribution in [0.15, 0.2) is 24.3 Å². The first-order valence-corrected chi connectivity index (χ1v) is 6.71. The van der Waals surface area contributed by atoms with Gasteiger partial charge in [-0.05, 0) is 41.1 Å². The average Bonchev–Trinajstić information content (AvgIpc) is 2.27. The Kier molecular flexibility index (Phi) is 5.42. The van der Waals surface area contributed by atoms with E-state index >= 15 is 0 Å². The molecule has 0 aromatic heterocycles. The Bertz CT molecular complexity index is 348. The lowest BCUT2D eigenvalue weighted by Gasteiger charge is -2.10. The summed E-state index contributed by atoms with van der Waals surface area (Å²) in [7, 11) is 0. The van der Waals surface area contributed by atoms with Gasteiger partial charge in [-0.2, -0.15) is 5.26 Å². The zero-order valence-corrected chi connectivity index (χ0v) is 11.1. The van der Waals surface area contributed by atoms with Gasteiger partial charge >= 0.3 is 0 Å². The minimum Gasteiger partial charge on any atom is -0.185 e. The molecule has 0 aliphatic heterocycles. The van der Waals surface area contributed by atoms with Gasteiger partial charge in [0.1, 0.15) is 5.40 Å². The van der Waals surface area contributed by atoms with E-state index in [1.807, 2.05) is 0 Å². The van der Waals surface area contributed by atoms with Gasteiger partial charge in [0, 0.05) is 5.75 Å². The molecule has 1 rings (SSSR count). The standard InChI is InChI=1S/C14H19NS/c1-11(2)14-6-4-13(5-7-14)8-12(3)9-16-10-15/h4-7,11-12H,8-9H2,1-3H3. The van der Waals surface area contributed by atoms with Crippen LogP contribution in [-0.4, -0.2) is 5.75 Å². The van der Waals surface area contributed by atoms with Gasteiger partial charge in [0.05, 0.1) is 0 Å². The van der Waals surface area contributed by atoms with Gasteiger partial charge in [-0.3, -0.25) is 0 Å². The predicted octanol–water partition coefficient (Wildman–Crippen LogP) is 4.20. The number of thioether (sulfide) groups is 1. The average molecular weight is 233 g/mol. The van der Waals surface area contributed by atoms with Crippen LogP contribution in [0, 0.1) is 16.6 Å². The largest absolute Gasteiger partial charge is 0.185 e. The Morgan fingerprint density at radius 3 is 2.31 bits per heavy atom. The molecule has 0 heterocycles. The normalized spacial score (nSPS) is 12.4. The summed E-state index contributed by atoms with van der Waals surface area (Å²) in [6.45, 7) is 6.61. The fraction of sp³-hybridized carbons (Fsp3) is 0.500. The minimum atomic E-state index is 0.564. The maximum Gasteiger partial charge on any atom is 0.133 e. The third-order valence-corrected chi connectivity index (χ3v) is 3.53. The highest BCUT2D eigenvalue weighted by Gasteiger charge is 2.04. The van der Waals surface area contributed by atoms with Crippen LogP contribution in [-0.2, 0) is 6.42 Å². The van der Waals surface area contributed by atoms with Gasteiger partial charge in [-0.1, -0.05) is 45.0 Å². The number of nitriles is 1. The molecule has 0 aliphatic carbocycles. The summed E-state index contributed by atoms with van der Waals surface area (Å²) in [5.74, 6) is 2.08. The van der Waals surface area contributed by atoms with Crippen molar-refractivity contribution < 1.29 is 0 Å². The van der Waals surface area contributed by atoms with Crippen molar-refractivity contribution in [2.24, 2.45) is 5.92 Å². The highest BCUT2D eigenvalue weighted by Crippen LogP contribution is 2.18. The van der Waals surface area contributed by atoms with Crippen molar-refractivity contribution in [2.45, 2.75) is 33.1 Å². The zero-order chi connectivity index (χ0) is 12.0. The number of hydrogen-bond acceptors (Lipinski definition) is 2. The first-order valence-electron chi connectivity index (χ1n) is 5.73. The monoisotopic (exact) mass is 233 g/mol. The molecule has 1 atom stereocenters. The second kappa shape index (κ2) is 6.60. The molecule has 0 spiro atoms. The van der Waals surface area contributed by atoms with Crippen molar-refractivity contribution in [2.75, 3.05) is 5.75 Å². The maximum absolute atomic E-state index is 8.49. The zero-order valence-electron chi connectivity index (χ0n) is 10.2. The van der Waals surface area contributed by atoms with Crippen LogP contribution in [0.1, 0.15) is 37.8 Å². The molecule has 1 nitrogen and oxygen atoms in total. The summed E-state index contributed by atoms with van der Waals surface area (Å²) in [5.41, 5.74) is 2.76. The molecule has 0 saturated heterocycles. The van der Waals surface area contributed by atoms with Gasteiger partial charge in [-0.25, -0.2) is 0 Å². The summed E-state index contributed by atoms with van der Waals surface area (Å²) in [4.78, 5) is 0. The summed E-state index contributed by atoms with van der Waals surface area (Å²) in [6, 6.07) is 8.85. The summed E-state index contributed by atoms with van der Waals surface area (Å²) < 4.78 is 0. The topological polar surface area (TPSA) is 23.8 Å². The molecular formula is C14H19NS. The third kappa shape index (κ3) is 4.28. The number of rotatable bonds is 5. The van der Waals surface area contributed by atoms with Crippen LogP contribution >= 0.6 is 11.8 Å². The Balaban J connectivity index is 2.52. The van der Waals surface area contributed by atoms with Crippen LogP contribution in [0.4, 0.5) is 0 Å². The van der Waals surface area contributed by atoms with Crippen LogP contribution in [0.2, 0.25) is 0 Å². The highest BCUT2D eigenvalue weighted by atomic mass is 32.2. The third-order valence-electron chi connectivity index (χ3n) is 2.66. The van der Waals surface area contributed by atoms with Crippen LogP contribution < -0.4 is 0 Å². The molecule has 1 aromatic rings. The molecule has 0 aliphatic rings. The van der Waals surface area contributed by atoms with Gasteiger partial charge in [0.15, 0.2) is 0 Å². The predicted molar refractivity (Wildman–Crippen MR) is 71.5 cm³/mol. The van der Waals surface area contributed by atoms with E-state index in [0.29, 0.717) is 11.8 Å². The van der Waals surface area contributed by atoms with E-state index in [1.165, 1.54) is 22.9 Å². The van der Waals surface area contributed by atoms with Gasteiger partial charge in [0.25, 0.3) is 0 Å². The summed E-state index contributed by atoms with van der Waals surface area (Å²) >= 11 is 1.35.